The molecule has 0 atom stereocenters. The van der Waals surface area contributed by atoms with Crippen molar-refractivity contribution in [1.29, 1.82) is 0 Å². The fourth-order valence-corrected chi connectivity index (χ4v) is 3.71. The molecular formula is C27H23N7O4. The molecule has 0 spiro atoms. The Morgan fingerprint density at radius 1 is 0.632 bits per heavy atom. The van der Waals surface area contributed by atoms with Gasteiger partial charge < -0.3 is 8.83 Å². The van der Waals surface area contributed by atoms with Crippen molar-refractivity contribution in [2.75, 3.05) is 10.6 Å². The first-order valence-electron chi connectivity index (χ1n) is 11.7. The molecule has 11 heteroatoms. The van der Waals surface area contributed by atoms with Crippen LogP contribution in [0.2, 0.25) is 0 Å². The fraction of sp³-hybridized carbons (Fsp3) is 0.148. The van der Waals surface area contributed by atoms with E-state index in [4.69, 9.17) is 8.83 Å². The maximum absolute atomic E-state index is 12.8. The second-order valence-corrected chi connectivity index (χ2v) is 8.78. The van der Waals surface area contributed by atoms with Crippen LogP contribution < -0.4 is 10.6 Å². The Labute approximate surface area is 217 Å². The third-order valence-electron chi connectivity index (χ3n) is 5.75. The number of aromatic nitrogens is 5. The minimum Gasteiger partial charge on any atom is -0.403 e. The average Bonchev–Trinajstić information content (AvgIpc) is 3.57. The van der Waals surface area contributed by atoms with E-state index in [0.717, 1.165) is 33.4 Å². The third-order valence-corrected chi connectivity index (χ3v) is 5.75. The minimum atomic E-state index is -0.620. The smallest absolute Gasteiger partial charge is 0.322 e. The maximum Gasteiger partial charge on any atom is 0.322 e. The number of hydrogen-bond donors (Lipinski definition) is 2. The lowest BCUT2D eigenvalue weighted by Crippen LogP contribution is -2.18. The molecular weight excluding hydrogens is 486 g/mol. The summed E-state index contributed by atoms with van der Waals surface area (Å²) in [6.07, 6.45) is 0. The molecule has 3 aromatic heterocycles. The van der Waals surface area contributed by atoms with Crippen molar-refractivity contribution < 1.29 is 18.4 Å². The quantitative estimate of drug-likeness (QED) is 0.325. The summed E-state index contributed by atoms with van der Waals surface area (Å²) >= 11 is 0. The molecule has 2 aromatic carbocycles. The molecule has 0 aliphatic heterocycles. The van der Waals surface area contributed by atoms with Gasteiger partial charge in [-0.25, -0.2) is 4.98 Å². The number of hydrogen-bond acceptors (Lipinski definition) is 9. The number of nitrogens with one attached hydrogen (secondary N) is 2. The number of amides is 2. The van der Waals surface area contributed by atoms with Gasteiger partial charge in [0.2, 0.25) is 11.8 Å². The van der Waals surface area contributed by atoms with Crippen molar-refractivity contribution in [3.05, 3.63) is 88.2 Å². The Balaban J connectivity index is 1.28. The number of pyridine rings is 1. The maximum atomic E-state index is 12.8. The van der Waals surface area contributed by atoms with Crippen LogP contribution in [0.4, 0.5) is 12.0 Å². The topological polar surface area (TPSA) is 149 Å². The highest BCUT2D eigenvalue weighted by atomic mass is 16.4. The van der Waals surface area contributed by atoms with E-state index in [0.29, 0.717) is 0 Å². The molecule has 0 unspecified atom stereocenters. The van der Waals surface area contributed by atoms with Crippen molar-refractivity contribution >= 4 is 23.8 Å². The SMILES string of the molecule is Cc1ccc(C)c(-c2nnc(NC(=O)c3cccc(C(=O)Nc4nnc(-c5cc(C)ccc5C)o4)n3)o2)c1. The first-order valence-corrected chi connectivity index (χ1v) is 11.7. The van der Waals surface area contributed by atoms with Gasteiger partial charge in [-0.15, -0.1) is 10.2 Å². The second-order valence-electron chi connectivity index (χ2n) is 8.78. The standard InChI is InChI=1S/C27H23N7O4/c1-14-8-10-16(3)18(12-14)24-31-33-26(37-24)29-22(35)20-6-5-7-21(28-20)23(36)30-27-34-32-25(38-27)19-13-15(2)9-11-17(19)4/h5-13H,1-4H3,(H,29,33,35)(H,30,34,36). The van der Waals surface area contributed by atoms with Crippen LogP contribution in [0.25, 0.3) is 22.9 Å². The Hall–Kier alpha value is -5.19. The monoisotopic (exact) mass is 509 g/mol. The lowest BCUT2D eigenvalue weighted by atomic mass is 10.1. The van der Waals surface area contributed by atoms with E-state index in [9.17, 15) is 9.59 Å². The number of rotatable bonds is 6. The first-order chi connectivity index (χ1) is 18.3. The van der Waals surface area contributed by atoms with Crippen LogP contribution in [0, 0.1) is 27.7 Å². The first kappa shape index (κ1) is 24.5. The number of anilines is 2. The molecule has 38 heavy (non-hydrogen) atoms. The molecule has 0 bridgehead atoms. The summed E-state index contributed by atoms with van der Waals surface area (Å²) in [5, 5.41) is 20.9. The van der Waals surface area contributed by atoms with Crippen LogP contribution in [0.15, 0.2) is 63.4 Å². The van der Waals surface area contributed by atoms with Crippen molar-refractivity contribution in [2.45, 2.75) is 27.7 Å². The third kappa shape index (κ3) is 5.16. The van der Waals surface area contributed by atoms with Gasteiger partial charge in [0.05, 0.1) is 0 Å². The van der Waals surface area contributed by atoms with Crippen LogP contribution in [-0.2, 0) is 0 Å². The summed E-state index contributed by atoms with van der Waals surface area (Å²) in [7, 11) is 0. The van der Waals surface area contributed by atoms with E-state index >= 15 is 0 Å². The number of carbonyl (C=O) groups is 2. The van der Waals surface area contributed by atoms with E-state index in [1.807, 2.05) is 64.1 Å². The predicted octanol–water partition coefficient (Wildman–Crippen LogP) is 4.92. The number of benzene rings is 2. The number of carbonyl (C=O) groups excluding carboxylic acids is 2. The summed E-state index contributed by atoms with van der Waals surface area (Å²) in [5.74, 6) is -0.679. The Morgan fingerprint density at radius 3 is 1.53 bits per heavy atom. The van der Waals surface area contributed by atoms with Gasteiger partial charge in [0.25, 0.3) is 11.8 Å². The predicted molar refractivity (Wildman–Crippen MR) is 139 cm³/mol. The normalized spacial score (nSPS) is 10.8. The van der Waals surface area contributed by atoms with E-state index in [1.165, 1.54) is 18.2 Å². The molecule has 0 fully saturated rings. The van der Waals surface area contributed by atoms with Crippen LogP contribution in [-0.4, -0.2) is 37.2 Å². The fourth-order valence-electron chi connectivity index (χ4n) is 3.71. The lowest BCUT2D eigenvalue weighted by molar-refractivity contribution is 0.101. The van der Waals surface area contributed by atoms with E-state index in [2.05, 4.69) is 36.0 Å². The highest BCUT2D eigenvalue weighted by molar-refractivity contribution is 6.05. The molecule has 2 amide bonds. The molecule has 0 radical (unpaired) electrons. The largest absolute Gasteiger partial charge is 0.403 e. The second kappa shape index (κ2) is 10.1. The minimum absolute atomic E-state index is 0.0225. The van der Waals surface area contributed by atoms with Crippen molar-refractivity contribution in [3.8, 4) is 22.9 Å². The molecule has 5 rings (SSSR count). The van der Waals surface area contributed by atoms with Gasteiger partial charge in [-0.3, -0.25) is 20.2 Å². The zero-order valence-corrected chi connectivity index (χ0v) is 21.1. The van der Waals surface area contributed by atoms with Crippen molar-refractivity contribution in [3.63, 3.8) is 0 Å². The van der Waals surface area contributed by atoms with Gasteiger partial charge in [0.15, 0.2) is 0 Å². The molecule has 5 aromatic rings. The average molecular weight is 510 g/mol. The summed E-state index contributed by atoms with van der Waals surface area (Å²) in [4.78, 5) is 29.7. The molecule has 0 saturated heterocycles. The Bertz CT molecular complexity index is 1550. The molecule has 0 saturated carbocycles. The summed E-state index contributed by atoms with van der Waals surface area (Å²) < 4.78 is 11.2. The van der Waals surface area contributed by atoms with Gasteiger partial charge in [-0.05, 0) is 63.1 Å². The number of nitrogens with zero attached hydrogens (tertiary/aromatic N) is 5. The van der Waals surface area contributed by atoms with Crippen LogP contribution in [0.1, 0.15) is 43.2 Å². The Kier molecular flexibility index (Phi) is 6.48. The number of aryl methyl sites for hydroxylation is 4. The zero-order valence-electron chi connectivity index (χ0n) is 21.1. The molecule has 11 nitrogen and oxygen atoms in total. The summed E-state index contributed by atoms with van der Waals surface area (Å²) in [6, 6.07) is 16.0. The van der Waals surface area contributed by atoms with Crippen molar-refractivity contribution in [2.24, 2.45) is 0 Å². The zero-order chi connectivity index (χ0) is 26.8. The van der Waals surface area contributed by atoms with E-state index < -0.39 is 11.8 Å². The van der Waals surface area contributed by atoms with Crippen LogP contribution >= 0.6 is 0 Å². The van der Waals surface area contributed by atoms with Crippen LogP contribution in [0.5, 0.6) is 0 Å². The molecule has 0 aliphatic carbocycles. The van der Waals surface area contributed by atoms with Gasteiger partial charge in [-0.1, -0.05) is 51.7 Å². The Morgan fingerprint density at radius 2 is 1.08 bits per heavy atom. The summed E-state index contributed by atoms with van der Waals surface area (Å²) in [6.45, 7) is 7.77. The van der Waals surface area contributed by atoms with Crippen molar-refractivity contribution in [1.82, 2.24) is 25.4 Å². The van der Waals surface area contributed by atoms with Gasteiger partial charge in [-0.2, -0.15) is 0 Å². The molecule has 190 valence electrons. The van der Waals surface area contributed by atoms with Gasteiger partial charge in [0, 0.05) is 11.1 Å². The highest BCUT2D eigenvalue weighted by Gasteiger charge is 2.19. The van der Waals surface area contributed by atoms with E-state index in [1.54, 1.807) is 0 Å². The lowest BCUT2D eigenvalue weighted by Gasteiger charge is -2.04. The van der Waals surface area contributed by atoms with E-state index in [-0.39, 0.29) is 35.2 Å². The molecule has 2 N–H and O–H groups in total. The van der Waals surface area contributed by atoms with Gasteiger partial charge >= 0.3 is 12.0 Å². The summed E-state index contributed by atoms with van der Waals surface area (Å²) in [5.41, 5.74) is 5.50. The molecule has 3 heterocycles. The molecule has 0 aliphatic rings. The highest BCUT2D eigenvalue weighted by Crippen LogP contribution is 2.26. The van der Waals surface area contributed by atoms with Gasteiger partial charge in [0.1, 0.15) is 11.4 Å². The van der Waals surface area contributed by atoms with Crippen LogP contribution in [0.3, 0.4) is 0 Å².